The van der Waals surface area contributed by atoms with Crippen molar-refractivity contribution in [3.63, 3.8) is 0 Å². The van der Waals surface area contributed by atoms with E-state index in [2.05, 4.69) is 5.32 Å². The Morgan fingerprint density at radius 1 is 1.37 bits per heavy atom. The third kappa shape index (κ3) is 4.03. The van der Waals surface area contributed by atoms with Gasteiger partial charge in [-0.25, -0.2) is 4.39 Å². The monoisotopic (exact) mass is 264 g/mol. The summed E-state index contributed by atoms with van der Waals surface area (Å²) in [4.78, 5) is 13.9. The molecule has 1 aromatic carbocycles. The first-order chi connectivity index (χ1) is 9.16. The minimum Gasteiger partial charge on any atom is -0.342 e. The highest BCUT2D eigenvalue weighted by molar-refractivity contribution is 5.78. The molecule has 104 valence electrons. The molecule has 0 saturated carbocycles. The van der Waals surface area contributed by atoms with Crippen molar-refractivity contribution in [3.8, 4) is 0 Å². The van der Waals surface area contributed by atoms with Crippen molar-refractivity contribution in [1.82, 2.24) is 10.2 Å². The number of halogens is 1. The Kier molecular flexibility index (Phi) is 4.91. The van der Waals surface area contributed by atoms with Gasteiger partial charge in [0.15, 0.2) is 0 Å². The smallest absolute Gasteiger partial charge is 0.236 e. The number of hydrogen-bond acceptors (Lipinski definition) is 2. The summed E-state index contributed by atoms with van der Waals surface area (Å²) in [6, 6.07) is 6.46. The first-order valence-corrected chi connectivity index (χ1v) is 6.93. The van der Waals surface area contributed by atoms with Crippen LogP contribution in [0.4, 0.5) is 4.39 Å². The fraction of sp³-hybridized carbons (Fsp3) is 0.533. The second-order valence-corrected chi connectivity index (χ2v) is 5.10. The maximum absolute atomic E-state index is 13.1. The summed E-state index contributed by atoms with van der Waals surface area (Å²) in [6.07, 6.45) is 3.42. The Hall–Kier alpha value is -1.42. The number of nitrogens with one attached hydrogen (secondary N) is 1. The molecule has 1 N–H and O–H groups in total. The molecular weight excluding hydrogens is 243 g/mol. The van der Waals surface area contributed by atoms with Gasteiger partial charge in [0.25, 0.3) is 0 Å². The molecule has 2 rings (SSSR count). The Bertz CT molecular complexity index is 430. The van der Waals surface area contributed by atoms with Crippen LogP contribution >= 0.6 is 0 Å². The summed E-state index contributed by atoms with van der Waals surface area (Å²) in [7, 11) is 0. The molecule has 0 unspecified atom stereocenters. The minimum atomic E-state index is -0.242. The lowest BCUT2D eigenvalue weighted by Gasteiger charge is -2.27. The summed E-state index contributed by atoms with van der Waals surface area (Å²) in [5, 5.41) is 3.17. The second-order valence-electron chi connectivity index (χ2n) is 5.10. The highest BCUT2D eigenvalue weighted by Gasteiger charge is 2.17. The number of hydrogen-bond donors (Lipinski definition) is 1. The molecule has 3 nitrogen and oxygen atoms in total. The van der Waals surface area contributed by atoms with Crippen molar-refractivity contribution >= 4 is 5.91 Å². The summed E-state index contributed by atoms with van der Waals surface area (Å²) in [5.74, 6) is -0.100. The van der Waals surface area contributed by atoms with E-state index in [1.165, 1.54) is 18.6 Å². The SMILES string of the molecule is C[C@H](NCC(=O)N1CCCCC1)c1cccc(F)c1. The van der Waals surface area contributed by atoms with Crippen molar-refractivity contribution in [2.75, 3.05) is 19.6 Å². The number of piperidine rings is 1. The summed E-state index contributed by atoms with van der Waals surface area (Å²) < 4.78 is 13.1. The van der Waals surface area contributed by atoms with Gasteiger partial charge >= 0.3 is 0 Å². The molecule has 4 heteroatoms. The van der Waals surface area contributed by atoms with Crippen LogP contribution in [0.25, 0.3) is 0 Å². The van der Waals surface area contributed by atoms with E-state index >= 15 is 0 Å². The highest BCUT2D eigenvalue weighted by atomic mass is 19.1. The molecule has 1 heterocycles. The third-order valence-corrected chi connectivity index (χ3v) is 3.62. The van der Waals surface area contributed by atoms with Gasteiger partial charge in [-0.15, -0.1) is 0 Å². The minimum absolute atomic E-state index is 0.0237. The van der Waals surface area contributed by atoms with E-state index in [4.69, 9.17) is 0 Å². The predicted octanol–water partition coefficient (Wildman–Crippen LogP) is 2.49. The van der Waals surface area contributed by atoms with Gasteiger partial charge < -0.3 is 10.2 Å². The van der Waals surface area contributed by atoms with Gasteiger partial charge in [0.1, 0.15) is 5.82 Å². The number of likely N-dealkylation sites (tertiary alicyclic amines) is 1. The molecule has 0 bridgehead atoms. The molecule has 1 aliphatic rings. The molecule has 0 radical (unpaired) electrons. The van der Waals surface area contributed by atoms with E-state index in [-0.39, 0.29) is 17.8 Å². The van der Waals surface area contributed by atoms with Crippen molar-refractivity contribution in [2.24, 2.45) is 0 Å². The van der Waals surface area contributed by atoms with E-state index in [0.29, 0.717) is 6.54 Å². The molecule has 0 aromatic heterocycles. The molecular formula is C15H21FN2O. The fourth-order valence-corrected chi connectivity index (χ4v) is 2.39. The summed E-state index contributed by atoms with van der Waals surface area (Å²) >= 11 is 0. The van der Waals surface area contributed by atoms with Crippen LogP contribution in [0.2, 0.25) is 0 Å². The van der Waals surface area contributed by atoms with Crippen LogP contribution in [0.5, 0.6) is 0 Å². The number of carbonyl (C=O) groups excluding carboxylic acids is 1. The zero-order valence-corrected chi connectivity index (χ0v) is 11.4. The van der Waals surface area contributed by atoms with Crippen LogP contribution in [0.1, 0.15) is 37.8 Å². The number of benzene rings is 1. The van der Waals surface area contributed by atoms with Crippen LogP contribution < -0.4 is 5.32 Å². The second kappa shape index (κ2) is 6.66. The van der Waals surface area contributed by atoms with Crippen LogP contribution in [-0.2, 0) is 4.79 Å². The Labute approximate surface area is 113 Å². The number of rotatable bonds is 4. The maximum atomic E-state index is 13.1. The van der Waals surface area contributed by atoms with E-state index in [1.54, 1.807) is 6.07 Å². The topological polar surface area (TPSA) is 32.3 Å². The molecule has 1 amide bonds. The normalized spacial score (nSPS) is 17.3. The van der Waals surface area contributed by atoms with Gasteiger partial charge in [-0.2, -0.15) is 0 Å². The summed E-state index contributed by atoms with van der Waals surface area (Å²) in [6.45, 7) is 4.00. The quantitative estimate of drug-likeness (QED) is 0.906. The van der Waals surface area contributed by atoms with Crippen molar-refractivity contribution in [1.29, 1.82) is 0 Å². The maximum Gasteiger partial charge on any atom is 0.236 e. The molecule has 19 heavy (non-hydrogen) atoms. The molecule has 1 aromatic rings. The molecule has 0 spiro atoms. The van der Waals surface area contributed by atoms with Crippen molar-refractivity contribution < 1.29 is 9.18 Å². The van der Waals surface area contributed by atoms with Gasteiger partial charge in [0, 0.05) is 19.1 Å². The largest absolute Gasteiger partial charge is 0.342 e. The van der Waals surface area contributed by atoms with E-state index in [0.717, 1.165) is 31.5 Å². The third-order valence-electron chi connectivity index (χ3n) is 3.62. The molecule has 1 saturated heterocycles. The van der Waals surface area contributed by atoms with E-state index < -0.39 is 0 Å². The van der Waals surface area contributed by atoms with Crippen molar-refractivity contribution in [3.05, 3.63) is 35.6 Å². The van der Waals surface area contributed by atoms with Crippen LogP contribution in [0.15, 0.2) is 24.3 Å². The summed E-state index contributed by atoms with van der Waals surface area (Å²) in [5.41, 5.74) is 0.867. The first kappa shape index (κ1) is 14.0. The Morgan fingerprint density at radius 3 is 2.79 bits per heavy atom. The Morgan fingerprint density at radius 2 is 2.11 bits per heavy atom. The Balaban J connectivity index is 1.82. The lowest BCUT2D eigenvalue weighted by Crippen LogP contribution is -2.41. The van der Waals surface area contributed by atoms with E-state index in [9.17, 15) is 9.18 Å². The zero-order valence-electron chi connectivity index (χ0n) is 11.4. The lowest BCUT2D eigenvalue weighted by atomic mass is 10.1. The van der Waals surface area contributed by atoms with Gasteiger partial charge in [0.05, 0.1) is 6.54 Å². The zero-order chi connectivity index (χ0) is 13.7. The average Bonchev–Trinajstić information content (AvgIpc) is 2.45. The van der Waals surface area contributed by atoms with E-state index in [1.807, 2.05) is 17.9 Å². The van der Waals surface area contributed by atoms with Gasteiger partial charge in [-0.1, -0.05) is 12.1 Å². The van der Waals surface area contributed by atoms with Gasteiger partial charge in [-0.05, 0) is 43.9 Å². The molecule has 0 aliphatic carbocycles. The van der Waals surface area contributed by atoms with Gasteiger partial charge in [-0.3, -0.25) is 4.79 Å². The predicted molar refractivity (Wildman–Crippen MR) is 73.2 cm³/mol. The highest BCUT2D eigenvalue weighted by Crippen LogP contribution is 2.13. The van der Waals surface area contributed by atoms with Crippen LogP contribution in [0.3, 0.4) is 0 Å². The van der Waals surface area contributed by atoms with Gasteiger partial charge in [0.2, 0.25) is 5.91 Å². The molecule has 1 atom stereocenters. The van der Waals surface area contributed by atoms with Crippen LogP contribution in [0, 0.1) is 5.82 Å². The first-order valence-electron chi connectivity index (χ1n) is 6.93. The number of amides is 1. The lowest BCUT2D eigenvalue weighted by molar-refractivity contribution is -0.131. The van der Waals surface area contributed by atoms with Crippen molar-refractivity contribution in [2.45, 2.75) is 32.2 Å². The molecule has 1 aliphatic heterocycles. The number of carbonyl (C=O) groups is 1. The standard InChI is InChI=1S/C15H21FN2O/c1-12(13-6-5-7-14(16)10-13)17-11-15(19)18-8-3-2-4-9-18/h5-7,10,12,17H,2-4,8-9,11H2,1H3/t12-/m0/s1. The fourth-order valence-electron chi connectivity index (χ4n) is 2.39. The average molecular weight is 264 g/mol. The number of nitrogens with zero attached hydrogens (tertiary/aromatic N) is 1. The van der Waals surface area contributed by atoms with Crippen LogP contribution in [-0.4, -0.2) is 30.4 Å². The molecule has 1 fully saturated rings.